The molecule has 1 aromatic rings. The maximum Gasteiger partial charge on any atom is 0.262 e. The lowest BCUT2D eigenvalue weighted by Crippen LogP contribution is -2.31. The first-order valence-electron chi connectivity index (χ1n) is 5.21. The number of sulfonamides is 1. The van der Waals surface area contributed by atoms with Crippen molar-refractivity contribution in [2.24, 2.45) is 7.05 Å². The molecule has 0 spiro atoms. The number of hydrogen-bond donors (Lipinski definition) is 1. The number of aromatic hydroxyl groups is 1. The van der Waals surface area contributed by atoms with Gasteiger partial charge in [-0.1, -0.05) is 13.8 Å². The monoisotopic (exact) mass is 246 g/mol. The summed E-state index contributed by atoms with van der Waals surface area (Å²) in [7, 11) is -1.98. The predicted molar refractivity (Wildman–Crippen MR) is 61.9 cm³/mol. The summed E-state index contributed by atoms with van der Waals surface area (Å²) in [6, 6.07) is 0. The molecule has 0 aliphatic carbocycles. The second kappa shape index (κ2) is 4.47. The third-order valence-electron chi connectivity index (χ3n) is 2.57. The average molecular weight is 246 g/mol. The van der Waals surface area contributed by atoms with E-state index in [2.05, 4.69) is 0 Å². The van der Waals surface area contributed by atoms with E-state index in [0.717, 1.165) is 0 Å². The van der Waals surface area contributed by atoms with Gasteiger partial charge in [-0.05, 0) is 6.92 Å². The Balaban J connectivity index is 3.38. The van der Waals surface area contributed by atoms with Gasteiger partial charge < -0.3 is 9.67 Å². The molecule has 0 atom stereocenters. The maximum absolute atomic E-state index is 12.2. The van der Waals surface area contributed by atoms with Gasteiger partial charge in [0.1, 0.15) is 0 Å². The van der Waals surface area contributed by atoms with Crippen molar-refractivity contribution < 1.29 is 13.5 Å². The molecule has 1 aromatic heterocycles. The summed E-state index contributed by atoms with van der Waals surface area (Å²) in [5.74, 6) is -0.158. The van der Waals surface area contributed by atoms with Gasteiger partial charge in [-0.25, -0.2) is 8.42 Å². The molecular weight excluding hydrogens is 228 g/mol. The first kappa shape index (κ1) is 13.1. The van der Waals surface area contributed by atoms with Gasteiger partial charge in [0.2, 0.25) is 0 Å². The molecule has 0 amide bonds. The molecule has 1 rings (SSSR count). The molecule has 0 aliphatic rings. The molecule has 0 unspecified atom stereocenters. The molecule has 0 aliphatic heterocycles. The normalized spacial score (nSPS) is 12.3. The van der Waals surface area contributed by atoms with Crippen molar-refractivity contribution in [2.75, 3.05) is 13.1 Å². The summed E-state index contributed by atoms with van der Waals surface area (Å²) in [6.07, 6.45) is 1.60. The number of aromatic nitrogens is 1. The van der Waals surface area contributed by atoms with Gasteiger partial charge in [-0.2, -0.15) is 4.31 Å². The van der Waals surface area contributed by atoms with E-state index in [1.807, 2.05) is 0 Å². The predicted octanol–water partition coefficient (Wildman–Crippen LogP) is 1.07. The van der Waals surface area contributed by atoms with Crippen molar-refractivity contribution in [3.63, 3.8) is 0 Å². The fraction of sp³-hybridized carbons (Fsp3) is 0.600. The molecule has 0 saturated heterocycles. The van der Waals surface area contributed by atoms with Gasteiger partial charge in [0, 0.05) is 31.9 Å². The van der Waals surface area contributed by atoms with Gasteiger partial charge >= 0.3 is 0 Å². The molecule has 0 aromatic carbocycles. The minimum absolute atomic E-state index is 0.0336. The first-order valence-corrected chi connectivity index (χ1v) is 6.65. The lowest BCUT2D eigenvalue weighted by molar-refractivity contribution is 0.419. The van der Waals surface area contributed by atoms with Crippen molar-refractivity contribution in [2.45, 2.75) is 25.8 Å². The SMILES string of the molecule is CCN(CC)S(=O)(=O)c1c(O)c(C)cn1C. The van der Waals surface area contributed by atoms with Gasteiger partial charge in [0.25, 0.3) is 10.0 Å². The Morgan fingerprint density at radius 3 is 2.19 bits per heavy atom. The summed E-state index contributed by atoms with van der Waals surface area (Å²) in [5.41, 5.74) is 0.563. The fourth-order valence-corrected chi connectivity index (χ4v) is 3.48. The van der Waals surface area contributed by atoms with Crippen molar-refractivity contribution in [1.82, 2.24) is 8.87 Å². The molecule has 0 radical (unpaired) electrons. The minimum Gasteiger partial charge on any atom is -0.505 e. The molecule has 0 bridgehead atoms. The van der Waals surface area contributed by atoms with Crippen LogP contribution >= 0.6 is 0 Å². The molecule has 0 fully saturated rings. The molecule has 16 heavy (non-hydrogen) atoms. The molecule has 1 N–H and O–H groups in total. The number of nitrogens with zero attached hydrogens (tertiary/aromatic N) is 2. The minimum atomic E-state index is -3.60. The smallest absolute Gasteiger partial charge is 0.262 e. The summed E-state index contributed by atoms with van der Waals surface area (Å²) >= 11 is 0. The van der Waals surface area contributed by atoms with Crippen LogP contribution in [-0.2, 0) is 17.1 Å². The highest BCUT2D eigenvalue weighted by Gasteiger charge is 2.29. The summed E-state index contributed by atoms with van der Waals surface area (Å²) in [6.45, 7) is 6.00. The van der Waals surface area contributed by atoms with E-state index >= 15 is 0 Å². The molecule has 0 saturated carbocycles. The highest BCUT2D eigenvalue weighted by atomic mass is 32.2. The van der Waals surface area contributed by atoms with E-state index in [-0.39, 0.29) is 10.8 Å². The van der Waals surface area contributed by atoms with Crippen LogP contribution < -0.4 is 0 Å². The molecule has 6 heteroatoms. The van der Waals surface area contributed by atoms with Gasteiger partial charge in [0.05, 0.1) is 0 Å². The maximum atomic E-state index is 12.2. The number of rotatable bonds is 4. The highest BCUT2D eigenvalue weighted by Crippen LogP contribution is 2.29. The van der Waals surface area contributed by atoms with E-state index in [9.17, 15) is 13.5 Å². The second-order valence-electron chi connectivity index (χ2n) is 3.67. The third-order valence-corrected chi connectivity index (χ3v) is 4.74. The van der Waals surface area contributed by atoms with E-state index in [1.54, 1.807) is 34.0 Å². The van der Waals surface area contributed by atoms with E-state index in [0.29, 0.717) is 18.7 Å². The summed E-state index contributed by atoms with van der Waals surface area (Å²) < 4.78 is 27.2. The Morgan fingerprint density at radius 1 is 1.38 bits per heavy atom. The average Bonchev–Trinajstić information content (AvgIpc) is 2.42. The van der Waals surface area contributed by atoms with Crippen LogP contribution in [0.3, 0.4) is 0 Å². The summed E-state index contributed by atoms with van der Waals surface area (Å²) in [4.78, 5) is 0. The second-order valence-corrected chi connectivity index (χ2v) is 5.52. The number of aryl methyl sites for hydroxylation is 2. The van der Waals surface area contributed by atoms with Crippen LogP contribution in [0.5, 0.6) is 5.75 Å². The Hall–Kier alpha value is -1.01. The van der Waals surface area contributed by atoms with Crippen molar-refractivity contribution in [1.29, 1.82) is 0 Å². The Kier molecular flexibility index (Phi) is 3.64. The van der Waals surface area contributed by atoms with Crippen LogP contribution in [0.15, 0.2) is 11.2 Å². The van der Waals surface area contributed by atoms with Gasteiger partial charge in [0.15, 0.2) is 10.8 Å². The number of hydrogen-bond acceptors (Lipinski definition) is 3. The molecule has 92 valence electrons. The van der Waals surface area contributed by atoms with E-state index < -0.39 is 10.0 Å². The Bertz CT molecular complexity index is 472. The van der Waals surface area contributed by atoms with Crippen molar-refractivity contribution in [3.8, 4) is 5.75 Å². The third kappa shape index (κ3) is 1.94. The van der Waals surface area contributed by atoms with Crippen LogP contribution in [0, 0.1) is 6.92 Å². The summed E-state index contributed by atoms with van der Waals surface area (Å²) in [5, 5.41) is 9.73. The van der Waals surface area contributed by atoms with Gasteiger partial charge in [-0.15, -0.1) is 0 Å². The Labute approximate surface area is 96.4 Å². The molecule has 5 nitrogen and oxygen atoms in total. The fourth-order valence-electron chi connectivity index (χ4n) is 1.74. The lowest BCUT2D eigenvalue weighted by atomic mass is 10.4. The van der Waals surface area contributed by atoms with Crippen LogP contribution in [0.25, 0.3) is 0 Å². The van der Waals surface area contributed by atoms with E-state index in [1.165, 1.54) is 8.87 Å². The standard InChI is InChI=1S/C10H18N2O3S/c1-5-12(6-2)16(14,15)10-9(13)8(3)7-11(10)4/h7,13H,5-6H2,1-4H3. The lowest BCUT2D eigenvalue weighted by Gasteiger charge is -2.18. The molecule has 1 heterocycles. The van der Waals surface area contributed by atoms with Crippen LogP contribution in [-0.4, -0.2) is 35.5 Å². The quantitative estimate of drug-likeness (QED) is 0.864. The largest absolute Gasteiger partial charge is 0.505 e. The van der Waals surface area contributed by atoms with Crippen LogP contribution in [0.1, 0.15) is 19.4 Å². The van der Waals surface area contributed by atoms with Crippen molar-refractivity contribution >= 4 is 10.0 Å². The zero-order chi connectivity index (χ0) is 12.5. The first-order chi connectivity index (χ1) is 7.36. The van der Waals surface area contributed by atoms with E-state index in [4.69, 9.17) is 0 Å². The molecular formula is C10H18N2O3S. The zero-order valence-electron chi connectivity index (χ0n) is 10.1. The van der Waals surface area contributed by atoms with Gasteiger partial charge in [-0.3, -0.25) is 0 Å². The van der Waals surface area contributed by atoms with Crippen molar-refractivity contribution in [3.05, 3.63) is 11.8 Å². The Morgan fingerprint density at radius 2 is 1.88 bits per heavy atom. The van der Waals surface area contributed by atoms with Crippen LogP contribution in [0.4, 0.5) is 0 Å². The highest BCUT2D eigenvalue weighted by molar-refractivity contribution is 7.89. The van der Waals surface area contributed by atoms with Crippen LogP contribution in [0.2, 0.25) is 0 Å². The topological polar surface area (TPSA) is 62.5 Å². The zero-order valence-corrected chi connectivity index (χ0v) is 10.9.